The molecule has 0 aromatic heterocycles. The molecule has 2 atom stereocenters. The van der Waals surface area contributed by atoms with Crippen molar-refractivity contribution in [3.63, 3.8) is 0 Å². The smallest absolute Gasteiger partial charge is 0.0749 e. The van der Waals surface area contributed by atoms with E-state index < -0.39 is 0 Å². The van der Waals surface area contributed by atoms with Gasteiger partial charge in [-0.2, -0.15) is 0 Å². The van der Waals surface area contributed by atoms with Gasteiger partial charge in [0.1, 0.15) is 0 Å². The van der Waals surface area contributed by atoms with Crippen LogP contribution in [0.1, 0.15) is 31.4 Å². The average Bonchev–Trinajstić information content (AvgIpc) is 2.65. The fourth-order valence-electron chi connectivity index (χ4n) is 2.53. The molecule has 1 N–H and O–H groups in total. The number of rotatable bonds is 3. The van der Waals surface area contributed by atoms with Crippen LogP contribution in [0, 0.1) is 0 Å². The number of nitrogens with zero attached hydrogens (tertiary/aromatic N) is 1. The minimum atomic E-state index is -0.350. The van der Waals surface area contributed by atoms with E-state index in [0.717, 1.165) is 31.5 Å². The van der Waals surface area contributed by atoms with Crippen LogP contribution in [0.25, 0.3) is 0 Å². The van der Waals surface area contributed by atoms with Gasteiger partial charge in [0.25, 0.3) is 0 Å². The third-order valence-corrected chi connectivity index (χ3v) is 4.11. The predicted molar refractivity (Wildman–Crippen MR) is 71.7 cm³/mol. The Morgan fingerprint density at radius 3 is 2.88 bits per heavy atom. The summed E-state index contributed by atoms with van der Waals surface area (Å²) in [5.41, 5.74) is 0.942. The van der Waals surface area contributed by atoms with Gasteiger partial charge in [-0.3, -0.25) is 4.90 Å². The second-order valence-electron chi connectivity index (χ2n) is 4.48. The molecule has 0 aliphatic carbocycles. The van der Waals surface area contributed by atoms with Crippen molar-refractivity contribution in [2.45, 2.75) is 31.9 Å². The zero-order valence-corrected chi connectivity index (χ0v) is 11.4. The van der Waals surface area contributed by atoms with Crippen LogP contribution < -0.4 is 0 Å². The van der Waals surface area contributed by atoms with Gasteiger partial charge in [-0.15, -0.1) is 0 Å². The molecule has 0 spiro atoms. The summed E-state index contributed by atoms with van der Waals surface area (Å²) in [7, 11) is 0. The van der Waals surface area contributed by atoms with E-state index in [1.165, 1.54) is 0 Å². The van der Waals surface area contributed by atoms with Crippen LogP contribution in [0.2, 0.25) is 10.0 Å². The molecule has 1 fully saturated rings. The first-order valence-electron chi connectivity index (χ1n) is 6.01. The highest BCUT2D eigenvalue weighted by Gasteiger charge is 2.34. The number of hydrogen-bond acceptors (Lipinski definition) is 2. The van der Waals surface area contributed by atoms with E-state index in [0.29, 0.717) is 10.0 Å². The number of aliphatic hydroxyl groups excluding tert-OH is 1. The standard InChI is InChI=1S/C13H17Cl2NO/c1-2-7-16-8-6-11(17)13(16)9-4-3-5-10(14)12(9)15/h3-5,11,13,17H,2,6-8H2,1H3. The molecular formula is C13H17Cl2NO. The van der Waals surface area contributed by atoms with Crippen LogP contribution in [0.15, 0.2) is 18.2 Å². The van der Waals surface area contributed by atoms with Gasteiger partial charge >= 0.3 is 0 Å². The number of benzene rings is 1. The Labute approximate surface area is 112 Å². The van der Waals surface area contributed by atoms with Gasteiger partial charge in [0.2, 0.25) is 0 Å². The van der Waals surface area contributed by atoms with E-state index in [1.54, 1.807) is 6.07 Å². The minimum Gasteiger partial charge on any atom is -0.391 e. The zero-order valence-electron chi connectivity index (χ0n) is 9.87. The van der Waals surface area contributed by atoms with Crippen LogP contribution in [0.4, 0.5) is 0 Å². The summed E-state index contributed by atoms with van der Waals surface area (Å²) in [5.74, 6) is 0. The topological polar surface area (TPSA) is 23.5 Å². The van der Waals surface area contributed by atoms with Gasteiger partial charge in [0.05, 0.1) is 22.2 Å². The Hall–Kier alpha value is -0.280. The molecule has 2 rings (SSSR count). The molecule has 0 bridgehead atoms. The first-order valence-corrected chi connectivity index (χ1v) is 6.76. The van der Waals surface area contributed by atoms with Crippen molar-refractivity contribution >= 4 is 23.2 Å². The third-order valence-electron chi connectivity index (χ3n) is 3.28. The monoisotopic (exact) mass is 273 g/mol. The largest absolute Gasteiger partial charge is 0.391 e. The molecule has 0 saturated carbocycles. The molecule has 0 radical (unpaired) electrons. The SMILES string of the molecule is CCCN1CCC(O)C1c1cccc(Cl)c1Cl. The number of aliphatic hydroxyl groups is 1. The maximum absolute atomic E-state index is 10.1. The minimum absolute atomic E-state index is 0.0128. The van der Waals surface area contributed by atoms with E-state index >= 15 is 0 Å². The Kier molecular flexibility index (Phi) is 4.31. The Balaban J connectivity index is 2.33. The molecule has 1 aliphatic rings. The second kappa shape index (κ2) is 5.57. The summed E-state index contributed by atoms with van der Waals surface area (Å²) in [4.78, 5) is 2.28. The summed E-state index contributed by atoms with van der Waals surface area (Å²) < 4.78 is 0. The van der Waals surface area contributed by atoms with Gasteiger partial charge in [-0.1, -0.05) is 42.3 Å². The van der Waals surface area contributed by atoms with Gasteiger partial charge in [0.15, 0.2) is 0 Å². The quantitative estimate of drug-likeness (QED) is 0.911. The van der Waals surface area contributed by atoms with Crippen LogP contribution in [-0.2, 0) is 0 Å². The zero-order chi connectivity index (χ0) is 12.4. The first-order chi connectivity index (χ1) is 8.15. The van der Waals surface area contributed by atoms with Crippen LogP contribution >= 0.6 is 23.2 Å². The van der Waals surface area contributed by atoms with Crippen molar-refractivity contribution in [1.29, 1.82) is 0 Å². The fourth-order valence-corrected chi connectivity index (χ4v) is 2.95. The Bertz CT molecular complexity index is 395. The summed E-state index contributed by atoms with van der Waals surface area (Å²) in [6.07, 6.45) is 1.52. The highest BCUT2D eigenvalue weighted by Crippen LogP contribution is 2.38. The number of likely N-dealkylation sites (tertiary alicyclic amines) is 1. The number of hydrogen-bond donors (Lipinski definition) is 1. The first kappa shape index (κ1) is 13.2. The third kappa shape index (κ3) is 2.60. The van der Waals surface area contributed by atoms with Crippen molar-refractivity contribution < 1.29 is 5.11 Å². The van der Waals surface area contributed by atoms with Gasteiger partial charge < -0.3 is 5.11 Å². The van der Waals surface area contributed by atoms with E-state index in [9.17, 15) is 5.11 Å². The van der Waals surface area contributed by atoms with E-state index in [1.807, 2.05) is 12.1 Å². The van der Waals surface area contributed by atoms with Crippen LogP contribution in [-0.4, -0.2) is 29.2 Å². The van der Waals surface area contributed by atoms with E-state index in [2.05, 4.69) is 11.8 Å². The molecule has 94 valence electrons. The molecular weight excluding hydrogens is 257 g/mol. The molecule has 2 unspecified atom stereocenters. The van der Waals surface area contributed by atoms with Gasteiger partial charge in [-0.05, 0) is 31.0 Å². The normalized spacial score (nSPS) is 25.4. The lowest BCUT2D eigenvalue weighted by atomic mass is 10.0. The number of halogens is 2. The molecule has 4 heteroatoms. The van der Waals surface area contributed by atoms with Crippen molar-refractivity contribution in [2.24, 2.45) is 0 Å². The molecule has 1 aromatic rings. The summed E-state index contributed by atoms with van der Waals surface area (Å²) in [6, 6.07) is 5.61. The van der Waals surface area contributed by atoms with Crippen LogP contribution in [0.5, 0.6) is 0 Å². The van der Waals surface area contributed by atoms with Crippen LogP contribution in [0.3, 0.4) is 0 Å². The lowest BCUT2D eigenvalue weighted by Crippen LogP contribution is -2.28. The fraction of sp³-hybridized carbons (Fsp3) is 0.538. The highest BCUT2D eigenvalue weighted by molar-refractivity contribution is 6.42. The maximum atomic E-state index is 10.1. The van der Waals surface area contributed by atoms with Crippen molar-refractivity contribution in [1.82, 2.24) is 4.90 Å². The van der Waals surface area contributed by atoms with E-state index in [-0.39, 0.29) is 12.1 Å². The maximum Gasteiger partial charge on any atom is 0.0749 e. The van der Waals surface area contributed by atoms with Crippen molar-refractivity contribution in [3.05, 3.63) is 33.8 Å². The lowest BCUT2D eigenvalue weighted by molar-refractivity contribution is 0.116. The second-order valence-corrected chi connectivity index (χ2v) is 5.27. The van der Waals surface area contributed by atoms with Crippen molar-refractivity contribution in [2.75, 3.05) is 13.1 Å². The predicted octanol–water partition coefficient (Wildman–Crippen LogP) is 3.51. The summed E-state index contributed by atoms with van der Waals surface area (Å²) in [6.45, 7) is 4.04. The summed E-state index contributed by atoms with van der Waals surface area (Å²) in [5, 5.41) is 11.2. The van der Waals surface area contributed by atoms with E-state index in [4.69, 9.17) is 23.2 Å². The molecule has 1 aromatic carbocycles. The molecule has 1 aliphatic heterocycles. The van der Waals surface area contributed by atoms with Gasteiger partial charge in [-0.25, -0.2) is 0 Å². The lowest BCUT2D eigenvalue weighted by Gasteiger charge is -2.27. The van der Waals surface area contributed by atoms with Gasteiger partial charge in [0, 0.05) is 6.54 Å². The van der Waals surface area contributed by atoms with Crippen molar-refractivity contribution in [3.8, 4) is 0 Å². The molecule has 0 amide bonds. The molecule has 1 heterocycles. The molecule has 1 saturated heterocycles. The Morgan fingerprint density at radius 2 is 2.18 bits per heavy atom. The molecule has 2 nitrogen and oxygen atoms in total. The Morgan fingerprint density at radius 1 is 1.41 bits per heavy atom. The average molecular weight is 274 g/mol. The summed E-state index contributed by atoms with van der Waals surface area (Å²) >= 11 is 12.3. The molecule has 17 heavy (non-hydrogen) atoms. The highest BCUT2D eigenvalue weighted by atomic mass is 35.5.